The first-order chi connectivity index (χ1) is 22.4. The van der Waals surface area contributed by atoms with Crippen molar-refractivity contribution in [3.05, 3.63) is 120 Å². The maximum Gasteiger partial charge on any atom is 0.416 e. The second-order valence-electron chi connectivity index (χ2n) is 11.1. The maximum absolute atomic E-state index is 14.1. The summed E-state index contributed by atoms with van der Waals surface area (Å²) < 4.78 is 125. The lowest BCUT2D eigenvalue weighted by atomic mass is 10.0. The highest BCUT2D eigenvalue weighted by Gasteiger charge is 2.40. The van der Waals surface area contributed by atoms with Crippen molar-refractivity contribution in [3.63, 3.8) is 0 Å². The van der Waals surface area contributed by atoms with Gasteiger partial charge in [0.15, 0.2) is 9.84 Å². The molecule has 2 atom stereocenters. The number of rotatable bonds is 13. The van der Waals surface area contributed by atoms with Gasteiger partial charge in [0, 0.05) is 19.1 Å². The minimum Gasteiger partial charge on any atom is -0.478 e. The minimum atomic E-state index is -5.02. The van der Waals surface area contributed by atoms with E-state index in [1.165, 1.54) is 54.6 Å². The van der Waals surface area contributed by atoms with E-state index in [2.05, 4.69) is 17.9 Å². The van der Waals surface area contributed by atoms with Gasteiger partial charge in [-0.3, -0.25) is 4.90 Å². The molecule has 258 valence electrons. The fourth-order valence-corrected chi connectivity index (χ4v) is 10.3. The highest BCUT2D eigenvalue weighted by atomic mass is 32.2. The van der Waals surface area contributed by atoms with E-state index in [1.807, 2.05) is 0 Å². The van der Waals surface area contributed by atoms with E-state index < -0.39 is 80.3 Å². The molecular weight excluding hydrogens is 694 g/mol. The molecule has 0 aliphatic carbocycles. The molecule has 3 aromatic carbocycles. The van der Waals surface area contributed by atoms with Crippen LogP contribution in [0.1, 0.15) is 45.1 Å². The van der Waals surface area contributed by atoms with Gasteiger partial charge < -0.3 is 5.11 Å². The first kappa shape index (κ1) is 37.0. The molecule has 0 amide bonds. The molecule has 0 radical (unpaired) electrons. The minimum absolute atomic E-state index is 0.0734. The first-order valence-electron chi connectivity index (χ1n) is 14.5. The van der Waals surface area contributed by atoms with Crippen LogP contribution in [0, 0.1) is 0 Å². The lowest BCUT2D eigenvalue weighted by Crippen LogP contribution is -2.50. The second-order valence-corrected chi connectivity index (χ2v) is 17.0. The van der Waals surface area contributed by atoms with Crippen molar-refractivity contribution in [1.82, 2.24) is 9.62 Å². The molecule has 1 aliphatic rings. The van der Waals surface area contributed by atoms with Gasteiger partial charge in [0.1, 0.15) is 10.6 Å². The predicted molar refractivity (Wildman–Crippen MR) is 173 cm³/mol. The van der Waals surface area contributed by atoms with E-state index in [9.17, 15) is 48.3 Å². The quantitative estimate of drug-likeness (QED) is 0.232. The van der Waals surface area contributed by atoms with Gasteiger partial charge in [-0.05, 0) is 66.4 Å². The van der Waals surface area contributed by atoms with Crippen LogP contribution in [0.25, 0.3) is 0 Å². The third kappa shape index (κ3) is 8.23. The number of nitrogens with zero attached hydrogens (tertiary/aromatic N) is 1. The Bertz CT molecular complexity index is 2010. The molecule has 4 rings (SSSR count). The third-order valence-corrected chi connectivity index (χ3v) is 13.4. The Morgan fingerprint density at radius 3 is 2.10 bits per heavy atom. The summed E-state index contributed by atoms with van der Waals surface area (Å²) >= 11 is 0. The van der Waals surface area contributed by atoms with Crippen molar-refractivity contribution in [2.24, 2.45) is 0 Å². The molecule has 1 heterocycles. The van der Waals surface area contributed by atoms with Crippen LogP contribution < -0.4 is 4.72 Å². The van der Waals surface area contributed by atoms with Crippen LogP contribution in [0.4, 0.5) is 13.2 Å². The summed E-state index contributed by atoms with van der Waals surface area (Å²) in [5.74, 6) is -1.68. The maximum atomic E-state index is 14.1. The van der Waals surface area contributed by atoms with Crippen LogP contribution in [0.3, 0.4) is 0 Å². The van der Waals surface area contributed by atoms with Gasteiger partial charge in [-0.15, -0.1) is 13.2 Å². The Labute approximate surface area is 277 Å². The Balaban J connectivity index is 1.54. The van der Waals surface area contributed by atoms with Gasteiger partial charge in [-0.2, -0.15) is 13.2 Å². The molecule has 16 heteroatoms. The molecule has 1 saturated heterocycles. The number of aromatic carboxylic acids is 1. The van der Waals surface area contributed by atoms with Crippen LogP contribution in [0.5, 0.6) is 0 Å². The number of halogens is 3. The van der Waals surface area contributed by atoms with E-state index in [0.29, 0.717) is 12.1 Å². The van der Waals surface area contributed by atoms with E-state index in [-0.39, 0.29) is 42.0 Å². The average molecular weight is 727 g/mol. The van der Waals surface area contributed by atoms with Crippen LogP contribution in [-0.2, 0) is 41.6 Å². The summed E-state index contributed by atoms with van der Waals surface area (Å²) in [6.07, 6.45) is -2.82. The van der Waals surface area contributed by atoms with Crippen molar-refractivity contribution < 1.29 is 48.3 Å². The Morgan fingerprint density at radius 2 is 1.54 bits per heavy atom. The summed E-state index contributed by atoms with van der Waals surface area (Å²) in [5.41, 5.74) is -1.97. The largest absolute Gasteiger partial charge is 0.478 e. The number of sulfonamides is 1. The van der Waals surface area contributed by atoms with Crippen LogP contribution in [0.15, 0.2) is 108 Å². The summed E-state index contributed by atoms with van der Waals surface area (Å²) in [7, 11) is -12.8. The number of benzene rings is 3. The predicted octanol–water partition coefficient (Wildman–Crippen LogP) is 4.97. The van der Waals surface area contributed by atoms with Crippen molar-refractivity contribution in [1.29, 1.82) is 0 Å². The fourth-order valence-electron chi connectivity index (χ4n) is 5.57. The Hall–Kier alpha value is -3.83. The Kier molecular flexibility index (Phi) is 11.1. The van der Waals surface area contributed by atoms with Crippen LogP contribution >= 0.6 is 0 Å². The SMILES string of the molecule is C=CC(N1CCC(NS(=O)(=O)C(C=C)c2cc(S(=O)(=O)c3ccccc3)ccc2C(F)(F)F)CC1)S(=O)(=O)Cc1cccc(C(=O)O)c1. The molecular formula is C32H33F3N2O8S3. The summed E-state index contributed by atoms with van der Waals surface area (Å²) in [6.45, 7) is 7.23. The summed E-state index contributed by atoms with van der Waals surface area (Å²) in [6, 6.07) is 13.7. The molecule has 1 fully saturated rings. The molecule has 2 N–H and O–H groups in total. The number of likely N-dealkylation sites (tertiary alicyclic amines) is 1. The average Bonchev–Trinajstić information content (AvgIpc) is 3.02. The summed E-state index contributed by atoms with van der Waals surface area (Å²) in [4.78, 5) is 12.1. The molecule has 0 spiro atoms. The molecule has 0 bridgehead atoms. The number of carbonyl (C=O) groups is 1. The van der Waals surface area contributed by atoms with Crippen molar-refractivity contribution in [3.8, 4) is 0 Å². The van der Waals surface area contributed by atoms with Gasteiger partial charge in [-0.1, -0.05) is 42.5 Å². The van der Waals surface area contributed by atoms with Gasteiger partial charge in [0.2, 0.25) is 19.9 Å². The van der Waals surface area contributed by atoms with Crippen molar-refractivity contribution in [2.45, 2.75) is 51.2 Å². The monoisotopic (exact) mass is 726 g/mol. The molecule has 2 unspecified atom stereocenters. The highest BCUT2D eigenvalue weighted by molar-refractivity contribution is 7.91. The second kappa shape index (κ2) is 14.3. The molecule has 3 aromatic rings. The zero-order valence-corrected chi connectivity index (χ0v) is 27.8. The summed E-state index contributed by atoms with van der Waals surface area (Å²) in [5, 5.41) is 6.06. The number of piperidine rings is 1. The van der Waals surface area contributed by atoms with Gasteiger partial charge >= 0.3 is 12.1 Å². The number of carboxylic acid groups (broad SMARTS) is 1. The topological polar surface area (TPSA) is 155 Å². The van der Waals surface area contributed by atoms with Crippen LogP contribution in [0.2, 0.25) is 0 Å². The van der Waals surface area contributed by atoms with Gasteiger partial charge in [0.25, 0.3) is 0 Å². The number of nitrogens with one attached hydrogen (secondary N) is 1. The number of carboxylic acids is 1. The smallest absolute Gasteiger partial charge is 0.416 e. The van der Waals surface area contributed by atoms with Gasteiger partial charge in [-0.25, -0.2) is 34.8 Å². The first-order valence-corrected chi connectivity index (χ1v) is 19.2. The molecule has 10 nitrogen and oxygen atoms in total. The Morgan fingerprint density at radius 1 is 0.896 bits per heavy atom. The van der Waals surface area contributed by atoms with Crippen molar-refractivity contribution in [2.75, 3.05) is 13.1 Å². The zero-order valence-electron chi connectivity index (χ0n) is 25.4. The number of hydrogen-bond donors (Lipinski definition) is 2. The molecule has 48 heavy (non-hydrogen) atoms. The van der Waals surface area contributed by atoms with Gasteiger partial charge in [0.05, 0.1) is 26.7 Å². The van der Waals surface area contributed by atoms with E-state index in [0.717, 1.165) is 12.1 Å². The van der Waals surface area contributed by atoms with E-state index in [1.54, 1.807) is 11.0 Å². The number of sulfone groups is 2. The van der Waals surface area contributed by atoms with E-state index in [4.69, 9.17) is 0 Å². The number of alkyl halides is 3. The normalized spacial score (nSPS) is 16.6. The zero-order chi connectivity index (χ0) is 35.5. The lowest BCUT2D eigenvalue weighted by Gasteiger charge is -2.36. The standard InChI is InChI=1S/C32H33F3N2O8S3/c1-3-29(27-20-26(13-14-28(27)32(33,34)35)47(42,43)25-11-6-5-7-12-25)48(44,45)36-24-15-17-37(18-16-24)30(4-2)46(40,41)21-22-9-8-10-23(19-22)31(38)39/h3-14,19-20,24,29-30,36H,1-2,15-18,21H2,(H,38,39). The fraction of sp³-hybridized carbons (Fsp3) is 0.281. The number of hydrogen-bond acceptors (Lipinski definition) is 8. The van der Waals surface area contributed by atoms with E-state index >= 15 is 0 Å². The highest BCUT2D eigenvalue weighted by Crippen LogP contribution is 2.39. The van der Waals surface area contributed by atoms with Crippen molar-refractivity contribution >= 4 is 35.7 Å². The molecule has 0 saturated carbocycles. The molecule has 1 aliphatic heterocycles. The molecule has 0 aromatic heterocycles. The third-order valence-electron chi connectivity index (χ3n) is 7.88. The lowest BCUT2D eigenvalue weighted by molar-refractivity contribution is -0.138. The van der Waals surface area contributed by atoms with Crippen LogP contribution in [-0.4, -0.2) is 65.7 Å².